The van der Waals surface area contributed by atoms with Gasteiger partial charge < -0.3 is 30.1 Å². The van der Waals surface area contributed by atoms with Crippen LogP contribution in [0.5, 0.6) is 5.75 Å². The van der Waals surface area contributed by atoms with Crippen LogP contribution in [0.4, 0.5) is 23.1 Å². The van der Waals surface area contributed by atoms with E-state index in [1.165, 1.54) is 12.8 Å². The molecule has 1 aromatic heterocycles. The number of nitrogens with one attached hydrogen (secondary N) is 2. The maximum atomic E-state index is 13.3. The summed E-state index contributed by atoms with van der Waals surface area (Å²) in [5, 5.41) is 6.39. The summed E-state index contributed by atoms with van der Waals surface area (Å²) < 4.78 is 5.62. The zero-order chi connectivity index (χ0) is 27.5. The van der Waals surface area contributed by atoms with Crippen LogP contribution in [-0.2, 0) is 4.79 Å². The number of nitrogens with zero attached hydrogens (tertiary/aromatic N) is 5. The molecule has 39 heavy (non-hydrogen) atoms. The van der Waals surface area contributed by atoms with Crippen molar-refractivity contribution in [2.75, 3.05) is 56.0 Å². The van der Waals surface area contributed by atoms with Crippen LogP contribution in [0, 0.1) is 5.92 Å². The van der Waals surface area contributed by atoms with Crippen molar-refractivity contribution in [3.05, 3.63) is 42.6 Å². The van der Waals surface area contributed by atoms with Gasteiger partial charge in [-0.1, -0.05) is 18.9 Å². The molecule has 2 aromatic rings. The lowest BCUT2D eigenvalue weighted by molar-refractivity contribution is -0.121. The number of anilines is 4. The van der Waals surface area contributed by atoms with E-state index in [1.807, 2.05) is 12.1 Å². The summed E-state index contributed by atoms with van der Waals surface area (Å²) in [6, 6.07) is 5.81. The van der Waals surface area contributed by atoms with Crippen LogP contribution >= 0.6 is 0 Å². The number of carbonyl (C=O) groups is 2. The third-order valence-corrected chi connectivity index (χ3v) is 8.13. The van der Waals surface area contributed by atoms with Crippen LogP contribution < -0.4 is 25.2 Å². The molecule has 2 unspecified atom stereocenters. The molecule has 2 aliphatic heterocycles. The number of fused-ring (bicyclic) bond motifs is 1. The second-order valence-electron chi connectivity index (χ2n) is 10.9. The normalized spacial score (nSPS) is 22.0. The van der Waals surface area contributed by atoms with E-state index >= 15 is 0 Å². The number of carbonyl (C=O) groups excluding carboxylic acids is 2. The Hall–Kier alpha value is -3.66. The highest BCUT2D eigenvalue weighted by atomic mass is 16.5. The van der Waals surface area contributed by atoms with E-state index in [0.717, 1.165) is 38.2 Å². The van der Waals surface area contributed by atoms with Crippen LogP contribution in [0.15, 0.2) is 37.1 Å². The molecule has 5 rings (SSSR count). The van der Waals surface area contributed by atoms with Gasteiger partial charge in [0, 0.05) is 37.8 Å². The fourth-order valence-corrected chi connectivity index (χ4v) is 5.96. The summed E-state index contributed by atoms with van der Waals surface area (Å²) in [5.74, 6) is 1.46. The first-order chi connectivity index (χ1) is 18.9. The summed E-state index contributed by atoms with van der Waals surface area (Å²) in [6.45, 7) is 6.31. The predicted octanol–water partition coefficient (Wildman–Crippen LogP) is 3.58. The molecule has 2 N–H and O–H groups in total. The van der Waals surface area contributed by atoms with E-state index in [1.54, 1.807) is 37.4 Å². The molecule has 10 nitrogen and oxygen atoms in total. The number of benzene rings is 1. The molecule has 1 aromatic carbocycles. The van der Waals surface area contributed by atoms with Gasteiger partial charge in [0.15, 0.2) is 5.82 Å². The van der Waals surface area contributed by atoms with Crippen molar-refractivity contribution in [1.29, 1.82) is 0 Å². The number of hydrogen-bond acceptors (Lipinski definition) is 8. The largest absolute Gasteiger partial charge is 0.495 e. The summed E-state index contributed by atoms with van der Waals surface area (Å²) in [7, 11) is 5.43. The topological polar surface area (TPSA) is 103 Å². The molecule has 208 valence electrons. The Balaban J connectivity index is 1.40. The van der Waals surface area contributed by atoms with Gasteiger partial charge in [-0.3, -0.25) is 9.59 Å². The number of likely N-dealkylation sites (tertiary alicyclic amines) is 1. The second kappa shape index (κ2) is 11.6. The van der Waals surface area contributed by atoms with Crippen LogP contribution in [0.1, 0.15) is 48.9 Å². The fourth-order valence-electron chi connectivity index (χ4n) is 5.96. The summed E-state index contributed by atoms with van der Waals surface area (Å²) in [4.78, 5) is 41.8. The number of hydrogen-bond donors (Lipinski definition) is 2. The second-order valence-corrected chi connectivity index (χ2v) is 10.9. The average Bonchev–Trinajstić information content (AvgIpc) is 3.60. The van der Waals surface area contributed by atoms with Crippen molar-refractivity contribution in [3.63, 3.8) is 0 Å². The first kappa shape index (κ1) is 26.9. The minimum atomic E-state index is -0.179. The number of aromatic nitrogens is 2. The van der Waals surface area contributed by atoms with Gasteiger partial charge in [0.2, 0.25) is 11.9 Å². The van der Waals surface area contributed by atoms with Crippen molar-refractivity contribution < 1.29 is 14.3 Å². The predicted molar refractivity (Wildman–Crippen MR) is 153 cm³/mol. The van der Waals surface area contributed by atoms with Gasteiger partial charge in [-0.15, -0.1) is 6.58 Å². The quantitative estimate of drug-likeness (QED) is 0.497. The van der Waals surface area contributed by atoms with Crippen LogP contribution in [-0.4, -0.2) is 79.6 Å². The zero-order valence-corrected chi connectivity index (χ0v) is 23.2. The minimum Gasteiger partial charge on any atom is -0.495 e. The molecular formula is C29H39N7O3. The smallest absolute Gasteiger partial charge is 0.251 e. The SMILES string of the molecule is C=CCC1CN(C2CCCC2)c2nc(Nc3ccc(C(=O)NC4CCN(C)C4)cc3OC)ncc2N(C)C1=O. The highest BCUT2D eigenvalue weighted by Gasteiger charge is 2.36. The molecule has 0 bridgehead atoms. The van der Waals surface area contributed by atoms with E-state index in [-0.39, 0.29) is 23.8 Å². The molecule has 1 aliphatic carbocycles. The van der Waals surface area contributed by atoms with E-state index < -0.39 is 0 Å². The molecule has 3 heterocycles. The number of likely N-dealkylation sites (N-methyl/N-ethyl adjacent to an activating group) is 1. The van der Waals surface area contributed by atoms with E-state index in [0.29, 0.717) is 47.6 Å². The van der Waals surface area contributed by atoms with Gasteiger partial charge >= 0.3 is 0 Å². The van der Waals surface area contributed by atoms with Gasteiger partial charge in [0.05, 0.1) is 24.9 Å². The summed E-state index contributed by atoms with van der Waals surface area (Å²) in [6.07, 6.45) is 9.62. The Kier molecular flexibility index (Phi) is 8.02. The fraction of sp³-hybridized carbons (Fsp3) is 0.517. The average molecular weight is 534 g/mol. The van der Waals surface area contributed by atoms with Gasteiger partial charge in [-0.2, -0.15) is 4.98 Å². The highest BCUT2D eigenvalue weighted by Crippen LogP contribution is 2.38. The van der Waals surface area contributed by atoms with Crippen molar-refractivity contribution >= 4 is 35.0 Å². The number of ether oxygens (including phenoxy) is 1. The van der Waals surface area contributed by atoms with Gasteiger partial charge in [-0.25, -0.2) is 4.98 Å². The van der Waals surface area contributed by atoms with Crippen molar-refractivity contribution in [3.8, 4) is 5.75 Å². The first-order valence-electron chi connectivity index (χ1n) is 13.8. The van der Waals surface area contributed by atoms with Gasteiger partial charge in [0.25, 0.3) is 5.91 Å². The Bertz CT molecular complexity index is 1230. The number of methoxy groups -OCH3 is 1. The molecule has 0 spiro atoms. The Labute approximate surface area is 230 Å². The molecule has 10 heteroatoms. The Morgan fingerprint density at radius 1 is 1.21 bits per heavy atom. The maximum Gasteiger partial charge on any atom is 0.251 e. The summed E-state index contributed by atoms with van der Waals surface area (Å²) >= 11 is 0. The number of rotatable bonds is 8. The molecule has 2 fully saturated rings. The van der Waals surface area contributed by atoms with Crippen LogP contribution in [0.2, 0.25) is 0 Å². The van der Waals surface area contributed by atoms with Crippen LogP contribution in [0.25, 0.3) is 0 Å². The van der Waals surface area contributed by atoms with Crippen molar-refractivity contribution in [2.45, 2.75) is 50.6 Å². The zero-order valence-electron chi connectivity index (χ0n) is 23.2. The number of amides is 2. The first-order valence-corrected chi connectivity index (χ1v) is 13.8. The maximum absolute atomic E-state index is 13.3. The molecule has 3 aliphatic rings. The highest BCUT2D eigenvalue weighted by molar-refractivity contribution is 5.99. The number of allylic oxidation sites excluding steroid dienone is 1. The molecule has 2 amide bonds. The Morgan fingerprint density at radius 2 is 2.00 bits per heavy atom. The van der Waals surface area contributed by atoms with Crippen molar-refractivity contribution in [1.82, 2.24) is 20.2 Å². The van der Waals surface area contributed by atoms with E-state index in [4.69, 9.17) is 9.72 Å². The van der Waals surface area contributed by atoms with Gasteiger partial charge in [-0.05, 0) is 57.5 Å². The molecule has 1 saturated carbocycles. The van der Waals surface area contributed by atoms with Crippen LogP contribution in [0.3, 0.4) is 0 Å². The lowest BCUT2D eigenvalue weighted by Gasteiger charge is -2.31. The molecule has 1 saturated heterocycles. The van der Waals surface area contributed by atoms with E-state index in [9.17, 15) is 9.59 Å². The standard InChI is InChI=1S/C29H39N7O3/c1-5-8-20-17-36(22-9-6-7-10-22)26-24(35(3)28(20)38)16-30-29(33-26)32-23-12-11-19(15-25(23)39-4)27(37)31-21-13-14-34(2)18-21/h5,11-12,15-16,20-22H,1,6-10,13-14,17-18H2,2-4H3,(H,31,37)(H,30,32,33). The Morgan fingerprint density at radius 3 is 2.69 bits per heavy atom. The lowest BCUT2D eigenvalue weighted by Crippen LogP contribution is -2.39. The molecule has 0 radical (unpaired) electrons. The van der Waals surface area contributed by atoms with Gasteiger partial charge in [0.1, 0.15) is 11.4 Å². The molecule has 2 atom stereocenters. The van der Waals surface area contributed by atoms with Crippen molar-refractivity contribution in [2.24, 2.45) is 5.92 Å². The van der Waals surface area contributed by atoms with E-state index in [2.05, 4.69) is 39.0 Å². The third kappa shape index (κ3) is 5.71. The monoisotopic (exact) mass is 533 g/mol. The third-order valence-electron chi connectivity index (χ3n) is 8.13. The molecular weight excluding hydrogens is 494 g/mol. The summed E-state index contributed by atoms with van der Waals surface area (Å²) in [5.41, 5.74) is 1.90. The minimum absolute atomic E-state index is 0.0562. The lowest BCUT2D eigenvalue weighted by atomic mass is 10.0.